The summed E-state index contributed by atoms with van der Waals surface area (Å²) in [4.78, 5) is 15.6. The zero-order valence-corrected chi connectivity index (χ0v) is 11.9. The van der Waals surface area contributed by atoms with Crippen LogP contribution in [-0.2, 0) is 4.74 Å². The number of alkyl halides is 3. The zero-order chi connectivity index (χ0) is 16.3. The van der Waals surface area contributed by atoms with Crippen LogP contribution in [0.15, 0.2) is 36.5 Å². The van der Waals surface area contributed by atoms with Crippen LogP contribution in [-0.4, -0.2) is 24.4 Å². The normalized spacial score (nSPS) is 11.1. The van der Waals surface area contributed by atoms with E-state index in [1.807, 2.05) is 0 Å². The fourth-order valence-electron chi connectivity index (χ4n) is 1.78. The van der Waals surface area contributed by atoms with Crippen LogP contribution in [0.1, 0.15) is 10.5 Å². The number of carbonyl (C=O) groups is 1. The number of nitrogens with zero attached hydrogens (tertiary/aromatic N) is 1. The highest BCUT2D eigenvalue weighted by Gasteiger charge is 2.31. The largest absolute Gasteiger partial charge is 0.573 e. The van der Waals surface area contributed by atoms with Crippen LogP contribution in [0.4, 0.5) is 13.2 Å². The Bertz CT molecular complexity index is 704. The molecule has 8 heteroatoms. The highest BCUT2D eigenvalue weighted by molar-refractivity contribution is 6.30. The first kappa shape index (κ1) is 16.1. The van der Waals surface area contributed by atoms with Gasteiger partial charge in [-0.3, -0.25) is 0 Å². The van der Waals surface area contributed by atoms with Gasteiger partial charge in [-0.15, -0.1) is 13.2 Å². The molecule has 0 spiro atoms. The molecule has 1 aromatic carbocycles. The molecule has 0 aliphatic rings. The van der Waals surface area contributed by atoms with Gasteiger partial charge in [-0.05, 0) is 23.8 Å². The Morgan fingerprint density at radius 2 is 2.00 bits per heavy atom. The first-order valence-electron chi connectivity index (χ1n) is 5.90. The monoisotopic (exact) mass is 331 g/mol. The van der Waals surface area contributed by atoms with Crippen molar-refractivity contribution in [3.63, 3.8) is 0 Å². The lowest BCUT2D eigenvalue weighted by molar-refractivity contribution is -0.274. The minimum Gasteiger partial charge on any atom is -0.464 e. The minimum absolute atomic E-state index is 0.0592. The van der Waals surface area contributed by atoms with Crippen molar-refractivity contribution in [2.75, 3.05) is 7.11 Å². The van der Waals surface area contributed by atoms with Crippen molar-refractivity contribution >= 4 is 17.6 Å². The Morgan fingerprint density at radius 1 is 1.27 bits per heavy atom. The molecule has 2 rings (SSSR count). The van der Waals surface area contributed by atoms with Crippen molar-refractivity contribution in [1.82, 2.24) is 4.98 Å². The number of hydrogen-bond donors (Lipinski definition) is 0. The fraction of sp³-hybridized carbons (Fsp3) is 0.143. The Morgan fingerprint density at radius 3 is 2.64 bits per heavy atom. The van der Waals surface area contributed by atoms with E-state index in [0.717, 1.165) is 12.1 Å². The molecule has 0 N–H and O–H groups in total. The van der Waals surface area contributed by atoms with E-state index in [1.165, 1.54) is 31.5 Å². The number of halogens is 4. The summed E-state index contributed by atoms with van der Waals surface area (Å²) < 4.78 is 45.3. The molecule has 2 aromatic rings. The third-order valence-electron chi connectivity index (χ3n) is 2.61. The van der Waals surface area contributed by atoms with Gasteiger partial charge in [0.25, 0.3) is 0 Å². The molecule has 0 amide bonds. The molecular weight excluding hydrogens is 323 g/mol. The number of carbonyl (C=O) groups excluding carboxylic acids is 1. The van der Waals surface area contributed by atoms with Gasteiger partial charge in [0.05, 0.1) is 12.1 Å². The lowest BCUT2D eigenvalue weighted by atomic mass is 10.0. The summed E-state index contributed by atoms with van der Waals surface area (Å²) in [6.07, 6.45) is -3.57. The second kappa shape index (κ2) is 6.23. The minimum atomic E-state index is -4.81. The Kier molecular flexibility index (Phi) is 4.56. The van der Waals surface area contributed by atoms with Gasteiger partial charge in [0.15, 0.2) is 5.69 Å². The summed E-state index contributed by atoms with van der Waals surface area (Å²) in [5.41, 5.74) is 0.472. The molecule has 0 bridgehead atoms. The lowest BCUT2D eigenvalue weighted by Gasteiger charge is -2.11. The molecule has 0 aliphatic carbocycles. The zero-order valence-electron chi connectivity index (χ0n) is 11.1. The second-order valence-corrected chi connectivity index (χ2v) is 4.55. The first-order chi connectivity index (χ1) is 10.3. The number of benzene rings is 1. The van der Waals surface area contributed by atoms with Crippen molar-refractivity contribution in [3.05, 3.63) is 47.2 Å². The van der Waals surface area contributed by atoms with Gasteiger partial charge in [0, 0.05) is 11.8 Å². The second-order valence-electron chi connectivity index (χ2n) is 4.12. The molecule has 1 heterocycles. The molecule has 4 nitrogen and oxygen atoms in total. The summed E-state index contributed by atoms with van der Waals surface area (Å²) >= 11 is 5.83. The topological polar surface area (TPSA) is 48.4 Å². The van der Waals surface area contributed by atoms with Crippen molar-refractivity contribution in [2.45, 2.75) is 6.36 Å². The van der Waals surface area contributed by atoms with Gasteiger partial charge in [0.1, 0.15) is 5.75 Å². The van der Waals surface area contributed by atoms with Crippen LogP contribution in [0.2, 0.25) is 5.02 Å². The third-order valence-corrected chi connectivity index (χ3v) is 2.82. The quantitative estimate of drug-likeness (QED) is 0.795. The average Bonchev–Trinajstić information content (AvgIpc) is 2.45. The lowest BCUT2D eigenvalue weighted by Crippen LogP contribution is -2.17. The maximum absolute atomic E-state index is 12.3. The molecule has 1 aromatic heterocycles. The van der Waals surface area contributed by atoms with E-state index in [1.54, 1.807) is 0 Å². The van der Waals surface area contributed by atoms with Crippen LogP contribution in [0, 0.1) is 0 Å². The van der Waals surface area contributed by atoms with Crippen molar-refractivity contribution in [3.8, 4) is 16.9 Å². The molecule has 0 saturated heterocycles. The van der Waals surface area contributed by atoms with E-state index in [2.05, 4.69) is 14.5 Å². The summed E-state index contributed by atoms with van der Waals surface area (Å²) in [7, 11) is 1.17. The molecule has 116 valence electrons. The summed E-state index contributed by atoms with van der Waals surface area (Å²) in [6.45, 7) is 0. The van der Waals surface area contributed by atoms with Gasteiger partial charge in [-0.2, -0.15) is 0 Å². The summed E-state index contributed by atoms with van der Waals surface area (Å²) in [5.74, 6) is -1.14. The van der Waals surface area contributed by atoms with E-state index < -0.39 is 18.1 Å². The predicted molar refractivity (Wildman–Crippen MR) is 72.7 cm³/mol. The molecule has 0 saturated carbocycles. The number of rotatable bonds is 3. The van der Waals surface area contributed by atoms with Gasteiger partial charge >= 0.3 is 12.3 Å². The maximum atomic E-state index is 12.3. The standard InChI is InChI=1S/C14H9ClF3NO3/c1-21-13(20)12-11(6-9(15)7-19-12)8-3-2-4-10(5-8)22-14(16,17)18/h2-7H,1H3. The van der Waals surface area contributed by atoms with E-state index in [9.17, 15) is 18.0 Å². The van der Waals surface area contributed by atoms with Gasteiger partial charge < -0.3 is 9.47 Å². The van der Waals surface area contributed by atoms with Crippen LogP contribution < -0.4 is 4.74 Å². The predicted octanol–water partition coefficient (Wildman–Crippen LogP) is 4.09. The maximum Gasteiger partial charge on any atom is 0.573 e. The smallest absolute Gasteiger partial charge is 0.464 e. The van der Waals surface area contributed by atoms with E-state index >= 15 is 0 Å². The number of methoxy groups -OCH3 is 1. The number of pyridine rings is 1. The molecular formula is C14H9ClF3NO3. The summed E-state index contributed by atoms with van der Waals surface area (Å²) in [6, 6.07) is 6.55. The SMILES string of the molecule is COC(=O)c1ncc(Cl)cc1-c1cccc(OC(F)(F)F)c1. The van der Waals surface area contributed by atoms with Crippen LogP contribution >= 0.6 is 11.6 Å². The number of aromatic nitrogens is 1. The summed E-state index contributed by atoms with van der Waals surface area (Å²) in [5, 5.41) is 0.227. The van der Waals surface area contributed by atoms with Gasteiger partial charge in [0.2, 0.25) is 0 Å². The highest BCUT2D eigenvalue weighted by atomic mass is 35.5. The molecule has 0 radical (unpaired) electrons. The van der Waals surface area contributed by atoms with Crippen molar-refractivity contribution < 1.29 is 27.4 Å². The van der Waals surface area contributed by atoms with Crippen molar-refractivity contribution in [1.29, 1.82) is 0 Å². The van der Waals surface area contributed by atoms with E-state index in [0.29, 0.717) is 0 Å². The Balaban J connectivity index is 2.50. The van der Waals surface area contributed by atoms with Gasteiger partial charge in [-0.1, -0.05) is 23.7 Å². The Labute approximate surface area is 128 Å². The highest BCUT2D eigenvalue weighted by Crippen LogP contribution is 2.30. The van der Waals surface area contributed by atoms with Crippen molar-refractivity contribution in [2.24, 2.45) is 0 Å². The fourth-order valence-corrected chi connectivity index (χ4v) is 1.94. The van der Waals surface area contributed by atoms with Crippen LogP contribution in [0.25, 0.3) is 11.1 Å². The first-order valence-corrected chi connectivity index (χ1v) is 6.28. The molecule has 0 atom stereocenters. The van der Waals surface area contributed by atoms with E-state index in [-0.39, 0.29) is 21.8 Å². The average molecular weight is 332 g/mol. The van der Waals surface area contributed by atoms with E-state index in [4.69, 9.17) is 11.6 Å². The molecule has 0 unspecified atom stereocenters. The molecule has 0 fully saturated rings. The number of esters is 1. The van der Waals surface area contributed by atoms with Crippen LogP contribution in [0.3, 0.4) is 0 Å². The Hall–Kier alpha value is -2.28. The number of ether oxygens (including phenoxy) is 2. The van der Waals surface area contributed by atoms with Gasteiger partial charge in [-0.25, -0.2) is 9.78 Å². The molecule has 0 aliphatic heterocycles. The number of hydrogen-bond acceptors (Lipinski definition) is 4. The third kappa shape index (κ3) is 3.88. The van der Waals surface area contributed by atoms with Crippen LogP contribution in [0.5, 0.6) is 5.75 Å². The molecule has 22 heavy (non-hydrogen) atoms.